The Labute approximate surface area is 147 Å². The van der Waals surface area contributed by atoms with Crippen LogP contribution in [0.2, 0.25) is 0 Å². The van der Waals surface area contributed by atoms with E-state index in [-0.39, 0.29) is 24.7 Å². The van der Waals surface area contributed by atoms with Crippen LogP contribution in [0, 0.1) is 0 Å². The number of Topliss-reactive ketones (excluding diaryl/α,β-unsaturated/α-hetero) is 1. The van der Waals surface area contributed by atoms with Gasteiger partial charge in [0.15, 0.2) is 11.6 Å². The van der Waals surface area contributed by atoms with Crippen molar-refractivity contribution in [3.8, 4) is 5.75 Å². The van der Waals surface area contributed by atoms with Crippen molar-refractivity contribution in [2.24, 2.45) is 0 Å². The molecule has 1 N–H and O–H groups in total. The van der Waals surface area contributed by atoms with Gasteiger partial charge >= 0.3 is 0 Å². The Morgan fingerprint density at radius 3 is 2.80 bits per heavy atom. The van der Waals surface area contributed by atoms with E-state index < -0.39 is 0 Å². The zero-order valence-corrected chi connectivity index (χ0v) is 14.2. The van der Waals surface area contributed by atoms with E-state index in [1.807, 2.05) is 30.3 Å². The molecule has 128 valence electrons. The molecule has 0 spiro atoms. The third-order valence-electron chi connectivity index (χ3n) is 3.20. The van der Waals surface area contributed by atoms with Crippen LogP contribution in [0.1, 0.15) is 28.9 Å². The fourth-order valence-corrected chi connectivity index (χ4v) is 2.67. The Kier molecular flexibility index (Phi) is 5.20. The number of benzene rings is 1. The van der Waals surface area contributed by atoms with Gasteiger partial charge in [-0.3, -0.25) is 14.9 Å². The van der Waals surface area contributed by atoms with Crippen LogP contribution in [0.5, 0.6) is 5.75 Å². The van der Waals surface area contributed by atoms with Gasteiger partial charge in [0.1, 0.15) is 18.1 Å². The zero-order valence-electron chi connectivity index (χ0n) is 13.4. The third kappa shape index (κ3) is 4.51. The van der Waals surface area contributed by atoms with Crippen molar-refractivity contribution in [1.29, 1.82) is 0 Å². The number of amides is 1. The Bertz CT molecular complexity index is 873. The van der Waals surface area contributed by atoms with Crippen LogP contribution in [0.25, 0.3) is 0 Å². The highest BCUT2D eigenvalue weighted by Gasteiger charge is 2.17. The highest BCUT2D eigenvalue weighted by Crippen LogP contribution is 2.18. The van der Waals surface area contributed by atoms with Crippen LogP contribution in [0.3, 0.4) is 0 Å². The van der Waals surface area contributed by atoms with Gasteiger partial charge < -0.3 is 9.15 Å². The molecule has 0 atom stereocenters. The minimum atomic E-state index is -0.370. The van der Waals surface area contributed by atoms with Crippen LogP contribution in [-0.2, 0) is 17.8 Å². The normalized spacial score (nSPS) is 10.4. The van der Waals surface area contributed by atoms with Gasteiger partial charge in [-0.2, -0.15) is 4.37 Å². The van der Waals surface area contributed by atoms with E-state index in [4.69, 9.17) is 9.15 Å². The van der Waals surface area contributed by atoms with E-state index in [1.54, 1.807) is 6.07 Å². The van der Waals surface area contributed by atoms with E-state index in [2.05, 4.69) is 14.7 Å². The minimum Gasteiger partial charge on any atom is -0.486 e. The Balaban J connectivity index is 1.64. The molecule has 2 aromatic heterocycles. The Morgan fingerprint density at radius 2 is 2.04 bits per heavy atom. The van der Waals surface area contributed by atoms with Crippen LogP contribution >= 0.6 is 11.5 Å². The molecule has 0 saturated carbocycles. The Morgan fingerprint density at radius 1 is 1.24 bits per heavy atom. The van der Waals surface area contributed by atoms with E-state index in [0.717, 1.165) is 11.5 Å². The largest absolute Gasteiger partial charge is 0.486 e. The van der Waals surface area contributed by atoms with Crippen LogP contribution in [-0.4, -0.2) is 21.0 Å². The first-order valence-corrected chi connectivity index (χ1v) is 8.27. The quantitative estimate of drug-likeness (QED) is 0.698. The predicted molar refractivity (Wildman–Crippen MR) is 91.7 cm³/mol. The van der Waals surface area contributed by atoms with Crippen molar-refractivity contribution < 1.29 is 18.7 Å². The highest BCUT2D eigenvalue weighted by molar-refractivity contribution is 7.09. The van der Waals surface area contributed by atoms with E-state index >= 15 is 0 Å². The number of rotatable bonds is 7. The number of aromatic nitrogens is 2. The van der Waals surface area contributed by atoms with Gasteiger partial charge in [0.05, 0.1) is 18.2 Å². The molecule has 1 amide bonds. The topological polar surface area (TPSA) is 94.3 Å². The second-order valence-electron chi connectivity index (χ2n) is 5.21. The minimum absolute atomic E-state index is 0.0362. The Hall–Kier alpha value is -3.00. The molecular weight excluding hydrogens is 342 g/mol. The van der Waals surface area contributed by atoms with Crippen molar-refractivity contribution in [2.75, 3.05) is 5.32 Å². The number of carbonyl (C=O) groups excluding carboxylic acids is 2. The number of hydrogen-bond acceptors (Lipinski definition) is 7. The van der Waals surface area contributed by atoms with Gasteiger partial charge in [0.25, 0.3) is 5.91 Å². The summed E-state index contributed by atoms with van der Waals surface area (Å²) >= 11 is 1.03. The lowest BCUT2D eigenvalue weighted by molar-refractivity contribution is -0.116. The van der Waals surface area contributed by atoms with Gasteiger partial charge in [-0.15, -0.1) is 0 Å². The number of para-hydroxylation sites is 1. The van der Waals surface area contributed by atoms with Gasteiger partial charge in [0.2, 0.25) is 5.13 Å². The van der Waals surface area contributed by atoms with Gasteiger partial charge in [-0.05, 0) is 25.1 Å². The van der Waals surface area contributed by atoms with Gasteiger partial charge in [0, 0.05) is 11.5 Å². The molecule has 0 fully saturated rings. The van der Waals surface area contributed by atoms with E-state index in [9.17, 15) is 9.59 Å². The average molecular weight is 357 g/mol. The summed E-state index contributed by atoms with van der Waals surface area (Å²) in [7, 11) is 0. The summed E-state index contributed by atoms with van der Waals surface area (Å²) in [6.07, 6.45) is 1.58. The lowest BCUT2D eigenvalue weighted by Crippen LogP contribution is -2.13. The first kappa shape index (κ1) is 16.8. The molecule has 8 heteroatoms. The van der Waals surface area contributed by atoms with Crippen LogP contribution in [0.15, 0.2) is 47.1 Å². The molecular formula is C17H15N3O4S. The summed E-state index contributed by atoms with van der Waals surface area (Å²) in [6.45, 7) is 1.59. The standard InChI is InChI=1S/C17H15N3O4S/c1-11(21)9-15-18-17(25-20-15)19-16(22)13-7-8-23-14(13)10-24-12-5-3-2-4-6-12/h2-8H,9-10H2,1H3,(H,18,19,20,22). The van der Waals surface area contributed by atoms with Gasteiger partial charge in [-0.25, -0.2) is 4.98 Å². The molecule has 0 saturated heterocycles. The molecule has 0 bridgehead atoms. The molecule has 0 aliphatic heterocycles. The van der Waals surface area contributed by atoms with Crippen LogP contribution in [0.4, 0.5) is 5.13 Å². The maximum absolute atomic E-state index is 12.4. The lowest BCUT2D eigenvalue weighted by Gasteiger charge is -2.05. The fraction of sp³-hybridized carbons (Fsp3) is 0.176. The van der Waals surface area contributed by atoms with Crippen LogP contribution < -0.4 is 10.1 Å². The molecule has 0 aliphatic rings. The molecule has 25 heavy (non-hydrogen) atoms. The van der Waals surface area contributed by atoms with Crippen molar-refractivity contribution >= 4 is 28.4 Å². The fourth-order valence-electron chi connectivity index (χ4n) is 2.08. The summed E-state index contributed by atoms with van der Waals surface area (Å²) in [5, 5.41) is 2.99. The van der Waals surface area contributed by atoms with Gasteiger partial charge in [-0.1, -0.05) is 18.2 Å². The summed E-state index contributed by atoms with van der Waals surface area (Å²) in [4.78, 5) is 27.6. The smallest absolute Gasteiger partial charge is 0.261 e. The summed E-state index contributed by atoms with van der Waals surface area (Å²) in [5.41, 5.74) is 0.360. The first-order chi connectivity index (χ1) is 12.1. The van der Waals surface area contributed by atoms with Crippen molar-refractivity contribution in [3.63, 3.8) is 0 Å². The number of carbonyl (C=O) groups is 2. The molecule has 0 radical (unpaired) electrons. The zero-order chi connectivity index (χ0) is 17.6. The monoisotopic (exact) mass is 357 g/mol. The second-order valence-corrected chi connectivity index (χ2v) is 5.96. The number of ether oxygens (including phenoxy) is 1. The highest BCUT2D eigenvalue weighted by atomic mass is 32.1. The number of hydrogen-bond donors (Lipinski definition) is 1. The number of nitrogens with one attached hydrogen (secondary N) is 1. The summed E-state index contributed by atoms with van der Waals surface area (Å²) in [6, 6.07) is 10.8. The number of ketones is 1. The molecule has 1 aromatic carbocycles. The molecule has 0 aliphatic carbocycles. The van der Waals surface area contributed by atoms with Crippen molar-refractivity contribution in [3.05, 3.63) is 59.8 Å². The number of anilines is 1. The lowest BCUT2D eigenvalue weighted by atomic mass is 10.2. The average Bonchev–Trinajstić information content (AvgIpc) is 3.22. The second kappa shape index (κ2) is 7.71. The molecule has 3 aromatic rings. The third-order valence-corrected chi connectivity index (χ3v) is 3.87. The maximum Gasteiger partial charge on any atom is 0.261 e. The number of furan rings is 1. The molecule has 3 rings (SSSR count). The SMILES string of the molecule is CC(=O)Cc1nsc(NC(=O)c2ccoc2COc2ccccc2)n1. The van der Waals surface area contributed by atoms with E-state index in [0.29, 0.717) is 28.0 Å². The summed E-state index contributed by atoms with van der Waals surface area (Å²) in [5.74, 6) is 1.09. The summed E-state index contributed by atoms with van der Waals surface area (Å²) < 4.78 is 15.0. The van der Waals surface area contributed by atoms with Crippen molar-refractivity contribution in [1.82, 2.24) is 9.36 Å². The molecule has 7 nitrogen and oxygen atoms in total. The van der Waals surface area contributed by atoms with E-state index in [1.165, 1.54) is 13.2 Å². The first-order valence-electron chi connectivity index (χ1n) is 7.49. The number of nitrogens with zero attached hydrogens (tertiary/aromatic N) is 2. The molecule has 2 heterocycles. The predicted octanol–water partition coefficient (Wildman–Crippen LogP) is 3.09. The van der Waals surface area contributed by atoms with Crippen molar-refractivity contribution in [2.45, 2.75) is 20.0 Å². The molecule has 0 unspecified atom stereocenters. The maximum atomic E-state index is 12.4.